The summed E-state index contributed by atoms with van der Waals surface area (Å²) in [7, 11) is 0. The van der Waals surface area contributed by atoms with Crippen LogP contribution in [-0.4, -0.2) is 27.5 Å². The van der Waals surface area contributed by atoms with Gasteiger partial charge in [-0.25, -0.2) is 4.68 Å². The standard InChI is InChI=1S/C22H23N3OS/c1-15-14-16(2)25(23-15)19-10-8-18(9-11-19)22(26)24-13-12-17(3)27-21-7-5-4-6-20(21)24/h4-11,14,17H,12-13H2,1-3H3/t17-/m1/s1. The van der Waals surface area contributed by atoms with Crippen LogP contribution in [0.4, 0.5) is 5.69 Å². The molecule has 1 aliphatic heterocycles. The molecule has 5 heteroatoms. The number of aromatic nitrogens is 2. The molecule has 27 heavy (non-hydrogen) atoms. The molecule has 4 rings (SSSR count). The number of anilines is 1. The monoisotopic (exact) mass is 377 g/mol. The number of fused-ring (bicyclic) bond motifs is 1. The van der Waals surface area contributed by atoms with E-state index in [2.05, 4.69) is 18.1 Å². The average molecular weight is 378 g/mol. The van der Waals surface area contributed by atoms with E-state index in [1.165, 1.54) is 4.90 Å². The number of thioether (sulfide) groups is 1. The van der Waals surface area contributed by atoms with Crippen LogP contribution < -0.4 is 4.90 Å². The van der Waals surface area contributed by atoms with E-state index in [0.29, 0.717) is 10.8 Å². The molecule has 4 nitrogen and oxygen atoms in total. The van der Waals surface area contributed by atoms with Crippen molar-refractivity contribution in [2.75, 3.05) is 11.4 Å². The van der Waals surface area contributed by atoms with E-state index in [1.807, 2.05) is 83.7 Å². The molecule has 1 atom stereocenters. The number of amides is 1. The van der Waals surface area contributed by atoms with Gasteiger partial charge in [-0.2, -0.15) is 5.10 Å². The van der Waals surface area contributed by atoms with E-state index in [1.54, 1.807) is 0 Å². The Morgan fingerprint density at radius 3 is 2.56 bits per heavy atom. The van der Waals surface area contributed by atoms with E-state index in [0.717, 1.165) is 35.7 Å². The average Bonchev–Trinajstić information content (AvgIpc) is 2.91. The maximum Gasteiger partial charge on any atom is 0.258 e. The topological polar surface area (TPSA) is 38.1 Å². The number of para-hydroxylation sites is 1. The molecule has 0 saturated carbocycles. The number of hydrogen-bond acceptors (Lipinski definition) is 3. The van der Waals surface area contributed by atoms with Gasteiger partial charge >= 0.3 is 0 Å². The molecule has 1 aromatic heterocycles. The Hall–Kier alpha value is -2.53. The fraction of sp³-hybridized carbons (Fsp3) is 0.273. The molecule has 0 unspecified atom stereocenters. The molecule has 0 N–H and O–H groups in total. The van der Waals surface area contributed by atoms with Crippen molar-refractivity contribution in [2.24, 2.45) is 0 Å². The third-order valence-corrected chi connectivity index (χ3v) is 6.09. The Bertz CT molecular complexity index is 977. The second-order valence-corrected chi connectivity index (χ2v) is 8.51. The highest BCUT2D eigenvalue weighted by molar-refractivity contribution is 8.00. The first kappa shape index (κ1) is 17.9. The summed E-state index contributed by atoms with van der Waals surface area (Å²) in [4.78, 5) is 16.3. The summed E-state index contributed by atoms with van der Waals surface area (Å²) >= 11 is 1.85. The molecule has 138 valence electrons. The molecule has 0 fully saturated rings. The second-order valence-electron chi connectivity index (χ2n) is 7.03. The molecule has 0 spiro atoms. The zero-order valence-corrected chi connectivity index (χ0v) is 16.7. The van der Waals surface area contributed by atoms with E-state index >= 15 is 0 Å². The maximum atomic E-state index is 13.2. The van der Waals surface area contributed by atoms with Gasteiger partial charge in [0, 0.05) is 27.9 Å². The van der Waals surface area contributed by atoms with Crippen molar-refractivity contribution in [1.82, 2.24) is 9.78 Å². The van der Waals surface area contributed by atoms with Crippen LogP contribution in [0, 0.1) is 13.8 Å². The molecular weight excluding hydrogens is 354 g/mol. The van der Waals surface area contributed by atoms with Crippen LogP contribution in [0.15, 0.2) is 59.5 Å². The molecule has 1 amide bonds. The minimum absolute atomic E-state index is 0.0528. The van der Waals surface area contributed by atoms with Crippen molar-refractivity contribution in [3.8, 4) is 5.69 Å². The number of aryl methyl sites for hydroxylation is 2. The van der Waals surface area contributed by atoms with Gasteiger partial charge < -0.3 is 4.90 Å². The molecule has 2 aromatic carbocycles. The number of hydrogen-bond donors (Lipinski definition) is 0. The summed E-state index contributed by atoms with van der Waals surface area (Å²) in [6, 6.07) is 18.0. The van der Waals surface area contributed by atoms with E-state index in [9.17, 15) is 4.79 Å². The Balaban J connectivity index is 1.64. The Morgan fingerprint density at radius 1 is 1.11 bits per heavy atom. The van der Waals surface area contributed by atoms with Crippen LogP contribution in [0.1, 0.15) is 35.1 Å². The summed E-state index contributed by atoms with van der Waals surface area (Å²) in [6.45, 7) is 6.98. The van der Waals surface area contributed by atoms with E-state index in [4.69, 9.17) is 0 Å². The van der Waals surface area contributed by atoms with Crippen molar-refractivity contribution in [3.63, 3.8) is 0 Å². The first-order chi connectivity index (χ1) is 13.0. The summed E-state index contributed by atoms with van der Waals surface area (Å²) in [6.07, 6.45) is 0.981. The summed E-state index contributed by atoms with van der Waals surface area (Å²) in [5.74, 6) is 0.0528. The van der Waals surface area contributed by atoms with Crippen molar-refractivity contribution in [3.05, 3.63) is 71.5 Å². The summed E-state index contributed by atoms with van der Waals surface area (Å²) < 4.78 is 1.91. The first-order valence-electron chi connectivity index (χ1n) is 9.24. The van der Waals surface area contributed by atoms with Gasteiger partial charge in [0.1, 0.15) is 0 Å². The minimum Gasteiger partial charge on any atom is -0.307 e. The Morgan fingerprint density at radius 2 is 1.85 bits per heavy atom. The normalized spacial score (nSPS) is 16.7. The van der Waals surface area contributed by atoms with Gasteiger partial charge in [-0.3, -0.25) is 4.79 Å². The summed E-state index contributed by atoms with van der Waals surface area (Å²) in [5, 5.41) is 5.01. The van der Waals surface area contributed by atoms with Gasteiger partial charge in [0.25, 0.3) is 5.91 Å². The first-order valence-corrected chi connectivity index (χ1v) is 10.1. The lowest BCUT2D eigenvalue weighted by Crippen LogP contribution is -2.32. The number of carbonyl (C=O) groups excluding carboxylic acids is 1. The molecule has 2 heterocycles. The highest BCUT2D eigenvalue weighted by atomic mass is 32.2. The van der Waals surface area contributed by atoms with Gasteiger partial charge in [-0.05, 0) is 62.7 Å². The summed E-state index contributed by atoms with van der Waals surface area (Å²) in [5.41, 5.74) is 4.76. The van der Waals surface area contributed by atoms with Crippen LogP contribution in [0.3, 0.4) is 0 Å². The number of rotatable bonds is 2. The number of nitrogens with zero attached hydrogens (tertiary/aromatic N) is 3. The number of benzene rings is 2. The predicted molar refractivity (Wildman–Crippen MR) is 111 cm³/mol. The lowest BCUT2D eigenvalue weighted by Gasteiger charge is -2.22. The van der Waals surface area contributed by atoms with Gasteiger partial charge in [-0.15, -0.1) is 11.8 Å². The van der Waals surface area contributed by atoms with Crippen LogP contribution in [0.25, 0.3) is 5.69 Å². The lowest BCUT2D eigenvalue weighted by molar-refractivity contribution is 0.0986. The SMILES string of the molecule is Cc1cc(C)n(-c2ccc(C(=O)N3CC[C@@H](C)Sc4ccccc43)cc2)n1. The third kappa shape index (κ3) is 3.52. The van der Waals surface area contributed by atoms with Crippen molar-refractivity contribution in [1.29, 1.82) is 0 Å². The molecule has 0 saturated heterocycles. The zero-order valence-electron chi connectivity index (χ0n) is 15.8. The van der Waals surface area contributed by atoms with Crippen LogP contribution >= 0.6 is 11.8 Å². The largest absolute Gasteiger partial charge is 0.307 e. The van der Waals surface area contributed by atoms with E-state index < -0.39 is 0 Å². The third-order valence-electron chi connectivity index (χ3n) is 4.86. The van der Waals surface area contributed by atoms with Crippen LogP contribution in [-0.2, 0) is 0 Å². The molecule has 0 bridgehead atoms. The fourth-order valence-corrected chi connectivity index (χ4v) is 4.60. The predicted octanol–water partition coefficient (Wildman–Crippen LogP) is 5.02. The molecule has 1 aliphatic rings. The highest BCUT2D eigenvalue weighted by Crippen LogP contribution is 2.37. The van der Waals surface area contributed by atoms with Crippen molar-refractivity contribution < 1.29 is 4.79 Å². The Labute approximate surface area is 164 Å². The van der Waals surface area contributed by atoms with Gasteiger partial charge in [0.15, 0.2) is 0 Å². The lowest BCUT2D eigenvalue weighted by atomic mass is 10.1. The molecule has 3 aromatic rings. The molecule has 0 radical (unpaired) electrons. The van der Waals surface area contributed by atoms with Crippen molar-refractivity contribution >= 4 is 23.4 Å². The zero-order chi connectivity index (χ0) is 19.0. The quantitative estimate of drug-likeness (QED) is 0.629. The van der Waals surface area contributed by atoms with Crippen molar-refractivity contribution in [2.45, 2.75) is 37.3 Å². The maximum absolute atomic E-state index is 13.2. The number of carbonyl (C=O) groups is 1. The van der Waals surface area contributed by atoms with Gasteiger partial charge in [-0.1, -0.05) is 19.1 Å². The highest BCUT2D eigenvalue weighted by Gasteiger charge is 2.25. The smallest absolute Gasteiger partial charge is 0.258 e. The molecule has 0 aliphatic carbocycles. The fourth-order valence-electron chi connectivity index (χ4n) is 3.49. The van der Waals surface area contributed by atoms with E-state index in [-0.39, 0.29) is 5.91 Å². The minimum atomic E-state index is 0.0528. The molecular formula is C22H23N3OS. The van der Waals surface area contributed by atoms with Crippen LogP contribution in [0.5, 0.6) is 0 Å². The van der Waals surface area contributed by atoms with Gasteiger partial charge in [0.05, 0.1) is 17.1 Å². The second kappa shape index (κ2) is 7.24. The Kier molecular flexibility index (Phi) is 4.79. The van der Waals surface area contributed by atoms with Crippen LogP contribution in [0.2, 0.25) is 0 Å². The van der Waals surface area contributed by atoms with Gasteiger partial charge in [0.2, 0.25) is 0 Å².